The Labute approximate surface area is 235 Å². The second-order valence-corrected chi connectivity index (χ2v) is 11.0. The number of hydrogen-bond acceptors (Lipinski definition) is 7. The molecular weight excluding hydrogens is 523 g/mol. The lowest BCUT2D eigenvalue weighted by molar-refractivity contribution is -0.161. The molecule has 9 nitrogen and oxygen atoms in total. The van der Waals surface area contributed by atoms with Gasteiger partial charge in [-0.3, -0.25) is 18.9 Å². The maximum absolute atomic E-state index is 12.2. The summed E-state index contributed by atoms with van der Waals surface area (Å²) in [6.45, 7) is 3.38. The number of hydrogen-bond donors (Lipinski definition) is 2. The van der Waals surface area contributed by atoms with Gasteiger partial charge < -0.3 is 19.3 Å². The summed E-state index contributed by atoms with van der Waals surface area (Å²) in [4.78, 5) is 53.9. The van der Waals surface area contributed by atoms with Crippen molar-refractivity contribution < 1.29 is 42.7 Å². The minimum Gasteiger partial charge on any atom is -0.462 e. The smallest absolute Gasteiger partial charge is 0.462 e. The summed E-state index contributed by atoms with van der Waals surface area (Å²) >= 11 is 0. The van der Waals surface area contributed by atoms with Crippen molar-refractivity contribution in [1.82, 2.24) is 0 Å². The first kappa shape index (κ1) is 37.2. The van der Waals surface area contributed by atoms with Crippen LogP contribution < -0.4 is 0 Å². The van der Waals surface area contributed by atoms with E-state index in [1.165, 1.54) is 19.3 Å². The Hall–Kier alpha value is -1.80. The van der Waals surface area contributed by atoms with E-state index in [4.69, 9.17) is 19.3 Å². The van der Waals surface area contributed by atoms with E-state index in [-0.39, 0.29) is 25.2 Å². The number of esters is 2. The maximum atomic E-state index is 12.2. The van der Waals surface area contributed by atoms with Crippen LogP contribution in [0.3, 0.4) is 0 Å². The lowest BCUT2D eigenvalue weighted by Crippen LogP contribution is -2.29. The van der Waals surface area contributed by atoms with E-state index in [1.807, 2.05) is 6.08 Å². The Bertz CT molecular complexity index is 758. The van der Waals surface area contributed by atoms with Crippen molar-refractivity contribution in [3.8, 4) is 0 Å². The lowest BCUT2D eigenvalue weighted by Gasteiger charge is -2.18. The molecule has 2 N–H and O–H groups in total. The number of ketones is 1. The van der Waals surface area contributed by atoms with Crippen LogP contribution in [-0.2, 0) is 32.9 Å². The highest BCUT2D eigenvalue weighted by molar-refractivity contribution is 7.46. The van der Waals surface area contributed by atoms with Gasteiger partial charge >= 0.3 is 19.8 Å². The molecule has 0 rings (SSSR count). The van der Waals surface area contributed by atoms with Gasteiger partial charge in [-0.25, -0.2) is 4.57 Å². The third-order valence-electron chi connectivity index (χ3n) is 5.95. The highest BCUT2D eigenvalue weighted by atomic mass is 31.2. The minimum atomic E-state index is -4.76. The molecule has 0 spiro atoms. The van der Waals surface area contributed by atoms with Crippen molar-refractivity contribution in [3.63, 3.8) is 0 Å². The van der Waals surface area contributed by atoms with Crippen LogP contribution in [-0.4, -0.2) is 46.8 Å². The van der Waals surface area contributed by atoms with E-state index in [0.717, 1.165) is 57.8 Å². The first-order valence-corrected chi connectivity index (χ1v) is 16.1. The fraction of sp³-hybridized carbons (Fsp3) is 0.759. The number of allylic oxidation sites excluding steroid dienone is 4. The number of carbonyl (C=O) groups is 3. The van der Waals surface area contributed by atoms with Crippen molar-refractivity contribution in [1.29, 1.82) is 0 Å². The Kier molecular flexibility index (Phi) is 24.0. The van der Waals surface area contributed by atoms with E-state index in [0.29, 0.717) is 19.3 Å². The summed E-state index contributed by atoms with van der Waals surface area (Å²) in [5.74, 6) is -0.887. The van der Waals surface area contributed by atoms with Crippen LogP contribution in [0.1, 0.15) is 123 Å². The monoisotopic (exact) mass is 574 g/mol. The largest absolute Gasteiger partial charge is 0.469 e. The van der Waals surface area contributed by atoms with Gasteiger partial charge in [0, 0.05) is 19.3 Å². The van der Waals surface area contributed by atoms with Crippen LogP contribution in [0.4, 0.5) is 0 Å². The summed E-state index contributed by atoms with van der Waals surface area (Å²) in [6.07, 6.45) is 20.6. The number of phosphoric acid groups is 1. The molecule has 39 heavy (non-hydrogen) atoms. The van der Waals surface area contributed by atoms with Crippen LogP contribution in [0.2, 0.25) is 0 Å². The maximum Gasteiger partial charge on any atom is 0.469 e. The molecule has 0 aliphatic carbocycles. The average Bonchev–Trinajstić information content (AvgIpc) is 2.88. The van der Waals surface area contributed by atoms with Gasteiger partial charge in [0.2, 0.25) is 0 Å². The third-order valence-corrected chi connectivity index (χ3v) is 6.43. The first-order valence-electron chi connectivity index (χ1n) is 14.6. The van der Waals surface area contributed by atoms with Gasteiger partial charge in [-0.15, -0.1) is 0 Å². The number of carbonyl (C=O) groups excluding carboxylic acids is 3. The van der Waals surface area contributed by atoms with Gasteiger partial charge in [-0.2, -0.15) is 0 Å². The molecule has 0 aromatic heterocycles. The molecule has 0 aromatic carbocycles. The molecule has 1 atom stereocenters. The van der Waals surface area contributed by atoms with Crippen molar-refractivity contribution in [2.75, 3.05) is 13.2 Å². The molecular formula is C29H51O9P. The predicted octanol–water partition coefficient (Wildman–Crippen LogP) is 6.90. The number of phosphoric ester groups is 1. The molecule has 0 radical (unpaired) electrons. The van der Waals surface area contributed by atoms with Gasteiger partial charge in [0.25, 0.3) is 0 Å². The average molecular weight is 575 g/mol. The topological polar surface area (TPSA) is 136 Å². The highest BCUT2D eigenvalue weighted by Crippen LogP contribution is 2.35. The molecule has 0 saturated carbocycles. The molecule has 0 heterocycles. The van der Waals surface area contributed by atoms with Crippen molar-refractivity contribution in [2.24, 2.45) is 0 Å². The van der Waals surface area contributed by atoms with E-state index in [1.54, 1.807) is 12.2 Å². The quantitative estimate of drug-likeness (QED) is 0.0371. The summed E-state index contributed by atoms with van der Waals surface area (Å²) in [5.41, 5.74) is 0. The zero-order chi connectivity index (χ0) is 29.2. The normalized spacial score (nSPS) is 12.7. The highest BCUT2D eigenvalue weighted by Gasteiger charge is 2.22. The number of unbranched alkanes of at least 4 members (excludes halogenated alkanes) is 11. The van der Waals surface area contributed by atoms with Gasteiger partial charge in [0.05, 0.1) is 6.61 Å². The van der Waals surface area contributed by atoms with Gasteiger partial charge in [0.1, 0.15) is 6.61 Å². The SMILES string of the molecule is CCCCC/C=C\C=C\C(=O)CCCCCCCC(=O)O[C@H](COC(=O)CCCCCCC)COP(=O)(O)O. The Morgan fingerprint density at radius 2 is 1.28 bits per heavy atom. The summed E-state index contributed by atoms with van der Waals surface area (Å²) < 4.78 is 25.9. The molecule has 10 heteroatoms. The van der Waals surface area contributed by atoms with E-state index >= 15 is 0 Å². The van der Waals surface area contributed by atoms with Gasteiger partial charge in [-0.1, -0.05) is 89.9 Å². The lowest BCUT2D eigenvalue weighted by atomic mass is 10.1. The standard InChI is InChI=1S/C29H51O9P/c1-3-5-7-9-10-13-16-20-26(30)21-17-14-11-15-19-23-29(32)38-27(25-37-39(33,34)35)24-36-28(31)22-18-12-8-6-4-2/h10,13,16,20,27H,3-9,11-12,14-15,17-19,21-25H2,1-2H3,(H2,33,34,35)/b13-10-,20-16+/t27-/m1/s1. The molecule has 0 saturated heterocycles. The Balaban J connectivity index is 4.13. The first-order chi connectivity index (χ1) is 18.7. The molecule has 0 aliphatic heterocycles. The fourth-order valence-corrected chi connectivity index (χ4v) is 4.06. The molecule has 0 unspecified atom stereocenters. The predicted molar refractivity (Wildman–Crippen MR) is 152 cm³/mol. The molecule has 226 valence electrons. The van der Waals surface area contributed by atoms with Crippen LogP contribution in [0.15, 0.2) is 24.3 Å². The third kappa shape index (κ3) is 27.6. The Morgan fingerprint density at radius 3 is 1.92 bits per heavy atom. The van der Waals surface area contributed by atoms with Crippen LogP contribution in [0, 0.1) is 0 Å². The summed E-state index contributed by atoms with van der Waals surface area (Å²) in [5, 5.41) is 0. The molecule has 0 fully saturated rings. The van der Waals surface area contributed by atoms with E-state index in [9.17, 15) is 18.9 Å². The zero-order valence-electron chi connectivity index (χ0n) is 24.0. The van der Waals surface area contributed by atoms with Crippen LogP contribution >= 0.6 is 7.82 Å². The molecule has 0 aromatic rings. The number of ether oxygens (including phenoxy) is 2. The zero-order valence-corrected chi connectivity index (χ0v) is 24.9. The van der Waals surface area contributed by atoms with Crippen molar-refractivity contribution in [2.45, 2.75) is 129 Å². The fourth-order valence-electron chi connectivity index (χ4n) is 3.70. The number of rotatable bonds is 26. The Morgan fingerprint density at radius 1 is 0.718 bits per heavy atom. The molecule has 0 aliphatic rings. The van der Waals surface area contributed by atoms with E-state index in [2.05, 4.69) is 24.4 Å². The molecule has 0 amide bonds. The second kappa shape index (κ2) is 25.2. The van der Waals surface area contributed by atoms with Gasteiger partial charge in [0.15, 0.2) is 11.9 Å². The summed E-state index contributed by atoms with van der Waals surface area (Å²) in [6, 6.07) is 0. The van der Waals surface area contributed by atoms with Crippen molar-refractivity contribution >= 4 is 25.5 Å². The van der Waals surface area contributed by atoms with Gasteiger partial charge in [-0.05, 0) is 38.2 Å². The van der Waals surface area contributed by atoms with E-state index < -0.39 is 32.5 Å². The van der Waals surface area contributed by atoms with Crippen molar-refractivity contribution in [3.05, 3.63) is 24.3 Å². The minimum absolute atomic E-state index is 0.109. The summed E-state index contributed by atoms with van der Waals surface area (Å²) in [7, 11) is -4.76. The van der Waals surface area contributed by atoms with Crippen LogP contribution in [0.25, 0.3) is 0 Å². The molecule has 0 bridgehead atoms. The van der Waals surface area contributed by atoms with Crippen LogP contribution in [0.5, 0.6) is 0 Å². The second-order valence-electron chi connectivity index (χ2n) is 9.76.